The van der Waals surface area contributed by atoms with Gasteiger partial charge in [-0.25, -0.2) is 4.79 Å². The fourth-order valence-corrected chi connectivity index (χ4v) is 6.63. The molecule has 246 valence electrons. The van der Waals surface area contributed by atoms with Crippen molar-refractivity contribution in [3.05, 3.63) is 29.3 Å². The van der Waals surface area contributed by atoms with Gasteiger partial charge in [-0.3, -0.25) is 39.2 Å². The van der Waals surface area contributed by atoms with Gasteiger partial charge in [-0.1, -0.05) is 6.07 Å². The third kappa shape index (κ3) is 8.19. The van der Waals surface area contributed by atoms with Crippen LogP contribution in [0.5, 0.6) is 0 Å². The minimum absolute atomic E-state index is 0.0828. The maximum absolute atomic E-state index is 13.2. The molecule has 13 nitrogen and oxygen atoms in total. The average molecular weight is 627 g/mol. The largest absolute Gasteiger partial charge is 0.444 e. The van der Waals surface area contributed by atoms with Gasteiger partial charge in [0.15, 0.2) is 0 Å². The second-order valence-corrected chi connectivity index (χ2v) is 13.2. The Hall–Kier alpha value is -3.55. The molecule has 0 bridgehead atoms. The van der Waals surface area contributed by atoms with Gasteiger partial charge in [-0.05, 0) is 65.0 Å². The first-order valence-electron chi connectivity index (χ1n) is 16.1. The Morgan fingerprint density at radius 3 is 2.38 bits per heavy atom. The van der Waals surface area contributed by atoms with Crippen LogP contribution in [-0.4, -0.2) is 121 Å². The molecule has 3 aliphatic heterocycles. The normalized spacial score (nSPS) is 24.8. The highest BCUT2D eigenvalue weighted by Gasteiger charge is 2.45. The first kappa shape index (κ1) is 32.8. The van der Waals surface area contributed by atoms with E-state index in [1.165, 1.54) is 0 Å². The van der Waals surface area contributed by atoms with Gasteiger partial charge in [0, 0.05) is 63.5 Å². The topological polar surface area (TPSA) is 150 Å². The first-order valence-corrected chi connectivity index (χ1v) is 16.1. The number of carbonyl (C=O) groups is 5. The number of rotatable bonds is 10. The summed E-state index contributed by atoms with van der Waals surface area (Å²) in [5, 5.41) is 8.45. The zero-order valence-corrected chi connectivity index (χ0v) is 26.6. The highest BCUT2D eigenvalue weighted by molar-refractivity contribution is 6.25. The average Bonchev–Trinajstić information content (AvgIpc) is 3.24. The van der Waals surface area contributed by atoms with E-state index in [0.29, 0.717) is 31.5 Å². The van der Waals surface area contributed by atoms with E-state index in [1.54, 1.807) is 18.2 Å². The monoisotopic (exact) mass is 626 g/mol. The molecule has 0 aromatic heterocycles. The number of imide groups is 2. The van der Waals surface area contributed by atoms with Crippen LogP contribution >= 0.6 is 0 Å². The van der Waals surface area contributed by atoms with Crippen LogP contribution in [0, 0.1) is 0 Å². The molecule has 4 aliphatic rings. The molecule has 2 saturated heterocycles. The van der Waals surface area contributed by atoms with Crippen LogP contribution in [0.15, 0.2) is 18.2 Å². The number of hydrogen-bond acceptors (Lipinski definition) is 10. The highest BCUT2D eigenvalue weighted by atomic mass is 16.6. The third-order valence-electron chi connectivity index (χ3n) is 8.92. The van der Waals surface area contributed by atoms with E-state index in [1.807, 2.05) is 20.8 Å². The molecular formula is C32H46N6O7. The highest BCUT2D eigenvalue weighted by Crippen LogP contribution is 2.32. The first-order chi connectivity index (χ1) is 21.5. The van der Waals surface area contributed by atoms with Crippen molar-refractivity contribution in [3.63, 3.8) is 0 Å². The van der Waals surface area contributed by atoms with E-state index in [0.717, 1.165) is 63.3 Å². The summed E-state index contributed by atoms with van der Waals surface area (Å²) in [5.41, 5.74) is 0.536. The minimum atomic E-state index is -0.990. The van der Waals surface area contributed by atoms with Gasteiger partial charge >= 0.3 is 6.09 Å². The quantitative estimate of drug-likeness (QED) is 0.260. The van der Waals surface area contributed by atoms with E-state index in [2.05, 4.69) is 25.8 Å². The number of fused-ring (bicyclic) bond motifs is 1. The molecule has 1 atom stereocenters. The predicted molar refractivity (Wildman–Crippen MR) is 166 cm³/mol. The summed E-state index contributed by atoms with van der Waals surface area (Å²) in [6.07, 6.45) is 3.98. The number of piperidine rings is 1. The number of amides is 5. The molecule has 45 heavy (non-hydrogen) atoms. The van der Waals surface area contributed by atoms with E-state index in [4.69, 9.17) is 9.47 Å². The fraction of sp³-hybridized carbons (Fsp3) is 0.656. The van der Waals surface area contributed by atoms with Gasteiger partial charge in [0.05, 0.1) is 24.3 Å². The molecule has 0 radical (unpaired) electrons. The Labute approximate surface area is 264 Å². The van der Waals surface area contributed by atoms with E-state index in [9.17, 15) is 24.0 Å². The molecule has 1 saturated carbocycles. The standard InChI is InChI=1S/C32H46N6O7/c1-32(2,3)45-31(43)34-21-7-9-22(10-8-21)37-16-14-36(15-17-37)18-20-44-19-13-33-24-6-4-5-23-27(24)30(42)38(29(23)41)25-11-12-26(39)35-28(25)40/h4-6,21-22,25,33H,7-20H2,1-3H3,(H,34,43)(H,35,39,40). The molecular weight excluding hydrogens is 580 g/mol. The third-order valence-corrected chi connectivity index (χ3v) is 8.92. The maximum Gasteiger partial charge on any atom is 0.407 e. The van der Waals surface area contributed by atoms with Gasteiger partial charge in [-0.2, -0.15) is 0 Å². The van der Waals surface area contributed by atoms with Crippen molar-refractivity contribution >= 4 is 35.4 Å². The molecule has 1 aliphatic carbocycles. The molecule has 1 aromatic carbocycles. The number of ether oxygens (including phenoxy) is 2. The molecule has 3 N–H and O–H groups in total. The van der Waals surface area contributed by atoms with Crippen LogP contribution in [0.3, 0.4) is 0 Å². The van der Waals surface area contributed by atoms with Gasteiger partial charge in [0.2, 0.25) is 11.8 Å². The summed E-state index contributed by atoms with van der Waals surface area (Å²) in [6, 6.07) is 4.77. The predicted octanol–water partition coefficient (Wildman–Crippen LogP) is 1.97. The summed E-state index contributed by atoms with van der Waals surface area (Å²) in [4.78, 5) is 68.2. The van der Waals surface area contributed by atoms with Crippen molar-refractivity contribution in [3.8, 4) is 0 Å². The molecule has 13 heteroatoms. The summed E-state index contributed by atoms with van der Waals surface area (Å²) in [7, 11) is 0. The molecule has 5 amide bonds. The number of nitrogens with one attached hydrogen (secondary N) is 3. The van der Waals surface area contributed by atoms with Crippen molar-refractivity contribution in [2.75, 3.05) is 57.8 Å². The molecule has 5 rings (SSSR count). The Bertz CT molecular complexity index is 1280. The smallest absolute Gasteiger partial charge is 0.407 e. The van der Waals surface area contributed by atoms with Crippen LogP contribution in [0.1, 0.15) is 80.0 Å². The second-order valence-electron chi connectivity index (χ2n) is 13.2. The van der Waals surface area contributed by atoms with Crippen LogP contribution in [0.4, 0.5) is 10.5 Å². The fourth-order valence-electron chi connectivity index (χ4n) is 6.63. The Morgan fingerprint density at radius 2 is 1.69 bits per heavy atom. The van der Waals surface area contributed by atoms with Crippen molar-refractivity contribution < 1.29 is 33.4 Å². The van der Waals surface area contributed by atoms with Crippen molar-refractivity contribution in [2.24, 2.45) is 0 Å². The lowest BCUT2D eigenvalue weighted by Gasteiger charge is -2.42. The number of benzene rings is 1. The second kappa shape index (κ2) is 14.3. The number of nitrogens with zero attached hydrogens (tertiary/aromatic N) is 3. The summed E-state index contributed by atoms with van der Waals surface area (Å²) in [6.45, 7) is 12.0. The molecule has 3 fully saturated rings. The van der Waals surface area contributed by atoms with Crippen LogP contribution < -0.4 is 16.0 Å². The van der Waals surface area contributed by atoms with Crippen molar-refractivity contribution in [1.29, 1.82) is 0 Å². The zero-order valence-electron chi connectivity index (χ0n) is 26.6. The summed E-state index contributed by atoms with van der Waals surface area (Å²) < 4.78 is 11.3. The number of alkyl carbamates (subject to hydrolysis) is 1. The van der Waals surface area contributed by atoms with Gasteiger partial charge < -0.3 is 20.1 Å². The summed E-state index contributed by atoms with van der Waals surface area (Å²) in [5.74, 6) is -2.07. The SMILES string of the molecule is CC(C)(C)OC(=O)NC1CCC(N2CCN(CCOCCNc3cccc4c3C(=O)N(C3CCC(=O)NC3=O)C4=O)CC2)CC1. The lowest BCUT2D eigenvalue weighted by molar-refractivity contribution is -0.136. The van der Waals surface area contributed by atoms with Crippen LogP contribution in [0.2, 0.25) is 0 Å². The Balaban J connectivity index is 0.975. The lowest BCUT2D eigenvalue weighted by atomic mass is 9.90. The van der Waals surface area contributed by atoms with E-state index in [-0.39, 0.29) is 36.1 Å². The van der Waals surface area contributed by atoms with Crippen molar-refractivity contribution in [1.82, 2.24) is 25.3 Å². The van der Waals surface area contributed by atoms with Crippen molar-refractivity contribution in [2.45, 2.75) is 83.0 Å². The zero-order chi connectivity index (χ0) is 32.1. The Kier molecular flexibility index (Phi) is 10.4. The number of anilines is 1. The summed E-state index contributed by atoms with van der Waals surface area (Å²) >= 11 is 0. The van der Waals surface area contributed by atoms with Gasteiger partial charge in [0.1, 0.15) is 11.6 Å². The molecule has 0 spiro atoms. The Morgan fingerprint density at radius 1 is 0.956 bits per heavy atom. The minimum Gasteiger partial charge on any atom is -0.444 e. The van der Waals surface area contributed by atoms with E-state index < -0.39 is 35.3 Å². The molecule has 1 aromatic rings. The van der Waals surface area contributed by atoms with Gasteiger partial charge in [0.25, 0.3) is 11.8 Å². The molecule has 3 heterocycles. The number of hydrogen-bond donors (Lipinski definition) is 3. The number of piperazine rings is 1. The van der Waals surface area contributed by atoms with Gasteiger partial charge in [-0.15, -0.1) is 0 Å². The van der Waals surface area contributed by atoms with Crippen LogP contribution in [0.25, 0.3) is 0 Å². The van der Waals surface area contributed by atoms with E-state index >= 15 is 0 Å². The van der Waals surface area contributed by atoms with Crippen LogP contribution in [-0.2, 0) is 19.1 Å². The number of carbonyl (C=O) groups excluding carboxylic acids is 5. The maximum atomic E-state index is 13.2. The molecule has 1 unspecified atom stereocenters. The lowest BCUT2D eigenvalue weighted by Crippen LogP contribution is -2.54.